The first-order valence-electron chi connectivity index (χ1n) is 8.09. The second-order valence-electron chi connectivity index (χ2n) is 5.54. The van der Waals surface area contributed by atoms with E-state index in [9.17, 15) is 9.18 Å². The minimum atomic E-state index is -0.452. The lowest BCUT2D eigenvalue weighted by molar-refractivity contribution is -0.121. The number of nitrogens with one attached hydrogen (secondary N) is 2. The van der Waals surface area contributed by atoms with Crippen molar-refractivity contribution in [1.29, 1.82) is 0 Å². The Hall–Kier alpha value is -2.60. The largest absolute Gasteiger partial charge is 0.491 e. The number of halogens is 1. The number of ether oxygens (including phenoxy) is 2. The van der Waals surface area contributed by atoms with Crippen LogP contribution in [0.4, 0.5) is 10.1 Å². The first-order chi connectivity index (χ1) is 12.1. The number of hydrogen-bond donors (Lipinski definition) is 2. The van der Waals surface area contributed by atoms with Crippen LogP contribution >= 0.6 is 0 Å². The van der Waals surface area contributed by atoms with E-state index in [-0.39, 0.29) is 18.3 Å². The Morgan fingerprint density at radius 3 is 2.52 bits per heavy atom. The Labute approximate surface area is 147 Å². The molecule has 0 heterocycles. The van der Waals surface area contributed by atoms with Gasteiger partial charge in [-0.05, 0) is 37.3 Å². The monoisotopic (exact) mass is 346 g/mol. The SMILES string of the molecule is COCCOc1ccc(N[C@@H](C)C(=O)NCc2ccccc2F)cc1. The van der Waals surface area contributed by atoms with Gasteiger partial charge in [-0.25, -0.2) is 4.39 Å². The number of methoxy groups -OCH3 is 1. The first-order valence-corrected chi connectivity index (χ1v) is 8.09. The van der Waals surface area contributed by atoms with Gasteiger partial charge in [0.1, 0.15) is 24.2 Å². The maximum absolute atomic E-state index is 13.6. The number of anilines is 1. The van der Waals surface area contributed by atoms with E-state index in [1.807, 2.05) is 24.3 Å². The zero-order valence-electron chi connectivity index (χ0n) is 14.4. The second kappa shape index (κ2) is 9.64. The lowest BCUT2D eigenvalue weighted by Crippen LogP contribution is -2.37. The Kier molecular flexibility index (Phi) is 7.22. The smallest absolute Gasteiger partial charge is 0.242 e. The molecule has 25 heavy (non-hydrogen) atoms. The molecule has 0 fully saturated rings. The van der Waals surface area contributed by atoms with E-state index < -0.39 is 6.04 Å². The van der Waals surface area contributed by atoms with E-state index in [0.29, 0.717) is 18.8 Å². The van der Waals surface area contributed by atoms with Crippen LogP contribution < -0.4 is 15.4 Å². The molecule has 6 heteroatoms. The topological polar surface area (TPSA) is 59.6 Å². The summed E-state index contributed by atoms with van der Waals surface area (Å²) in [6.45, 7) is 2.92. The fourth-order valence-corrected chi connectivity index (χ4v) is 2.18. The van der Waals surface area contributed by atoms with Gasteiger partial charge >= 0.3 is 0 Å². The lowest BCUT2D eigenvalue weighted by Gasteiger charge is -2.16. The van der Waals surface area contributed by atoms with Gasteiger partial charge in [0.15, 0.2) is 0 Å². The van der Waals surface area contributed by atoms with Crippen molar-refractivity contribution in [2.24, 2.45) is 0 Å². The first kappa shape index (κ1) is 18.7. The van der Waals surface area contributed by atoms with Crippen molar-refractivity contribution in [3.8, 4) is 5.75 Å². The number of benzene rings is 2. The van der Waals surface area contributed by atoms with Crippen molar-refractivity contribution >= 4 is 11.6 Å². The molecule has 5 nitrogen and oxygen atoms in total. The summed E-state index contributed by atoms with van der Waals surface area (Å²) in [6, 6.07) is 13.2. The highest BCUT2D eigenvalue weighted by atomic mass is 19.1. The van der Waals surface area contributed by atoms with Crippen LogP contribution in [0.2, 0.25) is 0 Å². The van der Waals surface area contributed by atoms with Crippen LogP contribution in [0.15, 0.2) is 48.5 Å². The summed E-state index contributed by atoms with van der Waals surface area (Å²) in [5, 5.41) is 5.83. The molecule has 2 N–H and O–H groups in total. The van der Waals surface area contributed by atoms with Gasteiger partial charge in [0.25, 0.3) is 0 Å². The molecule has 0 unspecified atom stereocenters. The van der Waals surface area contributed by atoms with E-state index in [2.05, 4.69) is 10.6 Å². The third kappa shape index (κ3) is 6.08. The number of rotatable bonds is 9. The van der Waals surface area contributed by atoms with Gasteiger partial charge < -0.3 is 20.1 Å². The summed E-state index contributed by atoms with van der Waals surface area (Å²) >= 11 is 0. The third-order valence-electron chi connectivity index (χ3n) is 3.60. The van der Waals surface area contributed by atoms with Crippen LogP contribution in [0, 0.1) is 5.82 Å². The van der Waals surface area contributed by atoms with Gasteiger partial charge in [-0.2, -0.15) is 0 Å². The van der Waals surface area contributed by atoms with Crippen molar-refractivity contribution in [2.75, 3.05) is 25.6 Å². The Balaban J connectivity index is 1.81. The molecule has 0 radical (unpaired) electrons. The van der Waals surface area contributed by atoms with Crippen LogP contribution in [-0.4, -0.2) is 32.3 Å². The van der Waals surface area contributed by atoms with Crippen LogP contribution in [0.25, 0.3) is 0 Å². The summed E-state index contributed by atoms with van der Waals surface area (Å²) in [4.78, 5) is 12.1. The number of carbonyl (C=O) groups excluding carboxylic acids is 1. The number of amides is 1. The maximum atomic E-state index is 13.6. The van der Waals surface area contributed by atoms with Crippen LogP contribution in [-0.2, 0) is 16.1 Å². The van der Waals surface area contributed by atoms with E-state index in [0.717, 1.165) is 11.4 Å². The second-order valence-corrected chi connectivity index (χ2v) is 5.54. The van der Waals surface area contributed by atoms with Crippen molar-refractivity contribution in [3.63, 3.8) is 0 Å². The molecule has 0 saturated carbocycles. The van der Waals surface area contributed by atoms with E-state index in [4.69, 9.17) is 9.47 Å². The predicted octanol–water partition coefficient (Wildman–Crippen LogP) is 2.97. The highest BCUT2D eigenvalue weighted by Gasteiger charge is 2.13. The Bertz CT molecular complexity index is 677. The highest BCUT2D eigenvalue weighted by Crippen LogP contribution is 2.16. The average Bonchev–Trinajstić information content (AvgIpc) is 2.62. The molecule has 0 aliphatic carbocycles. The molecule has 0 aromatic heterocycles. The molecule has 0 bridgehead atoms. The summed E-state index contributed by atoms with van der Waals surface area (Å²) in [5.74, 6) is 0.204. The molecule has 0 saturated heterocycles. The lowest BCUT2D eigenvalue weighted by atomic mass is 10.2. The van der Waals surface area contributed by atoms with E-state index in [1.54, 1.807) is 32.2 Å². The Morgan fingerprint density at radius 1 is 1.12 bits per heavy atom. The minimum absolute atomic E-state index is 0.157. The molecule has 0 aliphatic rings. The van der Waals surface area contributed by atoms with Gasteiger partial charge in [-0.3, -0.25) is 4.79 Å². The van der Waals surface area contributed by atoms with Crippen LogP contribution in [0.1, 0.15) is 12.5 Å². The molecular formula is C19H23FN2O3. The predicted molar refractivity (Wildman–Crippen MR) is 95.1 cm³/mol. The standard InChI is InChI=1S/C19H23FN2O3/c1-14(19(23)21-13-15-5-3-4-6-18(15)20)22-16-7-9-17(10-8-16)25-12-11-24-2/h3-10,14,22H,11-13H2,1-2H3,(H,21,23)/t14-/m0/s1. The van der Waals surface area contributed by atoms with Gasteiger partial charge in [0, 0.05) is 24.9 Å². The normalized spacial score (nSPS) is 11.6. The van der Waals surface area contributed by atoms with Crippen molar-refractivity contribution in [2.45, 2.75) is 19.5 Å². The molecule has 0 spiro atoms. The molecule has 134 valence electrons. The quantitative estimate of drug-likeness (QED) is 0.686. The fourth-order valence-electron chi connectivity index (χ4n) is 2.18. The average molecular weight is 346 g/mol. The molecule has 0 aliphatic heterocycles. The van der Waals surface area contributed by atoms with E-state index in [1.165, 1.54) is 6.07 Å². The van der Waals surface area contributed by atoms with Crippen LogP contribution in [0.3, 0.4) is 0 Å². The summed E-state index contributed by atoms with van der Waals surface area (Å²) in [6.07, 6.45) is 0. The van der Waals surface area contributed by atoms with E-state index >= 15 is 0 Å². The maximum Gasteiger partial charge on any atom is 0.242 e. The molecule has 2 aromatic carbocycles. The zero-order chi connectivity index (χ0) is 18.1. The minimum Gasteiger partial charge on any atom is -0.491 e. The highest BCUT2D eigenvalue weighted by molar-refractivity contribution is 5.84. The summed E-state index contributed by atoms with van der Waals surface area (Å²) in [7, 11) is 1.62. The number of carbonyl (C=O) groups is 1. The van der Waals surface area contributed by atoms with Gasteiger partial charge in [-0.1, -0.05) is 18.2 Å². The molecule has 1 amide bonds. The fraction of sp³-hybridized carbons (Fsp3) is 0.316. The van der Waals surface area contributed by atoms with Crippen molar-refractivity contribution in [3.05, 3.63) is 59.9 Å². The molecular weight excluding hydrogens is 323 g/mol. The molecule has 1 atom stereocenters. The summed E-state index contributed by atoms with van der Waals surface area (Å²) < 4.78 is 24.0. The van der Waals surface area contributed by atoms with Crippen molar-refractivity contribution < 1.29 is 18.7 Å². The summed E-state index contributed by atoms with van der Waals surface area (Å²) in [5.41, 5.74) is 1.26. The molecule has 2 aromatic rings. The van der Waals surface area contributed by atoms with Gasteiger partial charge in [0.05, 0.1) is 6.61 Å². The van der Waals surface area contributed by atoms with Crippen molar-refractivity contribution in [1.82, 2.24) is 5.32 Å². The van der Waals surface area contributed by atoms with Crippen LogP contribution in [0.5, 0.6) is 5.75 Å². The Morgan fingerprint density at radius 2 is 1.84 bits per heavy atom. The third-order valence-corrected chi connectivity index (χ3v) is 3.60. The van der Waals surface area contributed by atoms with Gasteiger partial charge in [0.2, 0.25) is 5.91 Å². The number of hydrogen-bond acceptors (Lipinski definition) is 4. The molecule has 2 rings (SSSR count). The van der Waals surface area contributed by atoms with Gasteiger partial charge in [-0.15, -0.1) is 0 Å². The zero-order valence-corrected chi connectivity index (χ0v) is 14.4.